The first-order chi connectivity index (χ1) is 9.22. The number of ketones is 1. The highest BCUT2D eigenvalue weighted by Gasteiger charge is 2.12. The van der Waals surface area contributed by atoms with Gasteiger partial charge in [0.25, 0.3) is 0 Å². The molecule has 0 spiro atoms. The Morgan fingerprint density at radius 2 is 2.05 bits per heavy atom. The molecule has 1 heterocycles. The molecule has 1 aromatic heterocycles. The van der Waals surface area contributed by atoms with Gasteiger partial charge < -0.3 is 4.74 Å². The van der Waals surface area contributed by atoms with Crippen LogP contribution in [-0.2, 0) is 6.54 Å². The highest BCUT2D eigenvalue weighted by atomic mass is 16.5. The molecule has 0 saturated heterocycles. The minimum Gasteiger partial charge on any atom is -0.497 e. The molecule has 4 nitrogen and oxygen atoms in total. The molecular weight excluding hydrogens is 240 g/mol. The van der Waals surface area contributed by atoms with E-state index in [-0.39, 0.29) is 12.3 Å². The first-order valence-corrected chi connectivity index (χ1v) is 5.79. The molecule has 0 saturated carbocycles. The van der Waals surface area contributed by atoms with Crippen molar-refractivity contribution in [2.75, 3.05) is 7.11 Å². The Morgan fingerprint density at radius 3 is 2.68 bits per heavy atom. The van der Waals surface area contributed by atoms with E-state index in [4.69, 9.17) is 10.00 Å². The van der Waals surface area contributed by atoms with E-state index < -0.39 is 0 Å². The number of hydrogen-bond donors (Lipinski definition) is 0. The summed E-state index contributed by atoms with van der Waals surface area (Å²) in [6.07, 6.45) is 3.42. The van der Waals surface area contributed by atoms with Gasteiger partial charge in [-0.05, 0) is 30.3 Å². The second-order valence-corrected chi connectivity index (χ2v) is 4.03. The number of pyridine rings is 1. The highest BCUT2D eigenvalue weighted by molar-refractivity contribution is 5.95. The SMILES string of the molecule is COc1ccc(C(=O)C[n+]2cccc(C#N)c2)cc1. The quantitative estimate of drug-likeness (QED) is 0.616. The van der Waals surface area contributed by atoms with Crippen molar-refractivity contribution < 1.29 is 14.1 Å². The number of carbonyl (C=O) groups is 1. The molecule has 0 N–H and O–H groups in total. The van der Waals surface area contributed by atoms with E-state index in [0.29, 0.717) is 11.1 Å². The van der Waals surface area contributed by atoms with E-state index in [1.54, 1.807) is 60.5 Å². The van der Waals surface area contributed by atoms with Crippen LogP contribution < -0.4 is 9.30 Å². The van der Waals surface area contributed by atoms with Crippen molar-refractivity contribution in [2.24, 2.45) is 0 Å². The number of Topliss-reactive ketones (excluding diaryl/α,β-unsaturated/α-hetero) is 1. The van der Waals surface area contributed by atoms with Crippen LogP contribution >= 0.6 is 0 Å². The van der Waals surface area contributed by atoms with E-state index in [1.807, 2.05) is 6.07 Å². The summed E-state index contributed by atoms with van der Waals surface area (Å²) in [4.78, 5) is 12.1. The number of nitrogens with zero attached hydrogens (tertiary/aromatic N) is 2. The van der Waals surface area contributed by atoms with E-state index in [0.717, 1.165) is 5.75 Å². The van der Waals surface area contributed by atoms with Crippen LogP contribution in [0.15, 0.2) is 48.8 Å². The van der Waals surface area contributed by atoms with Crippen LogP contribution in [0.5, 0.6) is 5.75 Å². The van der Waals surface area contributed by atoms with Gasteiger partial charge in [0.2, 0.25) is 12.3 Å². The molecule has 0 amide bonds. The molecule has 2 rings (SSSR count). The summed E-state index contributed by atoms with van der Waals surface area (Å²) in [6.45, 7) is 0.210. The summed E-state index contributed by atoms with van der Waals surface area (Å²) in [5, 5.41) is 8.81. The Bertz CT molecular complexity index is 627. The average Bonchev–Trinajstić information content (AvgIpc) is 2.47. The van der Waals surface area contributed by atoms with Gasteiger partial charge in [-0.1, -0.05) is 0 Å². The predicted octanol–water partition coefficient (Wildman–Crippen LogP) is 1.74. The van der Waals surface area contributed by atoms with Crippen molar-refractivity contribution >= 4 is 5.78 Å². The van der Waals surface area contributed by atoms with Gasteiger partial charge in [-0.15, -0.1) is 0 Å². The molecule has 0 aliphatic carbocycles. The maximum absolute atomic E-state index is 12.1. The Balaban J connectivity index is 2.13. The van der Waals surface area contributed by atoms with Gasteiger partial charge >= 0.3 is 0 Å². The molecule has 1 aromatic carbocycles. The molecule has 19 heavy (non-hydrogen) atoms. The van der Waals surface area contributed by atoms with Gasteiger partial charge in [-0.2, -0.15) is 9.83 Å². The maximum Gasteiger partial charge on any atom is 0.227 e. The number of hydrogen-bond acceptors (Lipinski definition) is 3. The molecule has 0 unspecified atom stereocenters. The molecule has 2 aromatic rings. The fraction of sp³-hybridized carbons (Fsp3) is 0.133. The summed E-state index contributed by atoms with van der Waals surface area (Å²) in [6, 6.07) is 12.5. The minimum absolute atomic E-state index is 0.0113. The van der Waals surface area contributed by atoms with Crippen molar-refractivity contribution in [1.29, 1.82) is 5.26 Å². The third-order valence-electron chi connectivity index (χ3n) is 2.73. The summed E-state index contributed by atoms with van der Waals surface area (Å²) < 4.78 is 6.74. The van der Waals surface area contributed by atoms with Gasteiger partial charge in [-0.3, -0.25) is 4.79 Å². The van der Waals surface area contributed by atoms with Crippen LogP contribution in [0.2, 0.25) is 0 Å². The zero-order chi connectivity index (χ0) is 13.7. The van der Waals surface area contributed by atoms with Crippen LogP contribution in [0.1, 0.15) is 15.9 Å². The minimum atomic E-state index is -0.0113. The Labute approximate surface area is 111 Å². The Hall–Kier alpha value is -2.67. The van der Waals surface area contributed by atoms with Crippen molar-refractivity contribution in [2.45, 2.75) is 6.54 Å². The van der Waals surface area contributed by atoms with Crippen LogP contribution in [0, 0.1) is 11.3 Å². The maximum atomic E-state index is 12.1. The average molecular weight is 253 g/mol. The number of carbonyl (C=O) groups excluding carboxylic acids is 1. The number of rotatable bonds is 4. The van der Waals surface area contributed by atoms with E-state index >= 15 is 0 Å². The molecule has 94 valence electrons. The largest absolute Gasteiger partial charge is 0.497 e. The normalized spacial score (nSPS) is 9.68. The fourth-order valence-corrected chi connectivity index (χ4v) is 1.72. The molecule has 4 heteroatoms. The lowest BCUT2D eigenvalue weighted by molar-refractivity contribution is -0.683. The predicted molar refractivity (Wildman–Crippen MR) is 68.7 cm³/mol. The van der Waals surface area contributed by atoms with Gasteiger partial charge in [0.1, 0.15) is 17.4 Å². The van der Waals surface area contributed by atoms with Crippen LogP contribution in [0.3, 0.4) is 0 Å². The first kappa shape index (κ1) is 12.8. The number of aromatic nitrogens is 1. The monoisotopic (exact) mass is 253 g/mol. The van der Waals surface area contributed by atoms with E-state index in [1.165, 1.54) is 0 Å². The molecular formula is C15H13N2O2+. The van der Waals surface area contributed by atoms with Crippen molar-refractivity contribution in [3.63, 3.8) is 0 Å². The van der Waals surface area contributed by atoms with Crippen molar-refractivity contribution in [1.82, 2.24) is 0 Å². The topological polar surface area (TPSA) is 54.0 Å². The number of nitriles is 1. The van der Waals surface area contributed by atoms with Crippen LogP contribution in [0.25, 0.3) is 0 Å². The van der Waals surface area contributed by atoms with Gasteiger partial charge in [0.05, 0.1) is 7.11 Å². The van der Waals surface area contributed by atoms with E-state index in [2.05, 4.69) is 0 Å². The lowest BCUT2D eigenvalue weighted by atomic mass is 10.1. The third-order valence-corrected chi connectivity index (χ3v) is 2.73. The fourth-order valence-electron chi connectivity index (χ4n) is 1.72. The second-order valence-electron chi connectivity index (χ2n) is 4.03. The summed E-state index contributed by atoms with van der Waals surface area (Å²) >= 11 is 0. The third kappa shape index (κ3) is 3.17. The smallest absolute Gasteiger partial charge is 0.227 e. The van der Waals surface area contributed by atoms with E-state index in [9.17, 15) is 4.79 Å². The van der Waals surface area contributed by atoms with Gasteiger partial charge in [0, 0.05) is 11.6 Å². The number of methoxy groups -OCH3 is 1. The van der Waals surface area contributed by atoms with Crippen molar-refractivity contribution in [3.05, 3.63) is 59.9 Å². The first-order valence-electron chi connectivity index (χ1n) is 5.79. The molecule has 0 radical (unpaired) electrons. The Kier molecular flexibility index (Phi) is 3.89. The lowest BCUT2D eigenvalue weighted by Gasteiger charge is -2.01. The summed E-state index contributed by atoms with van der Waals surface area (Å²) in [5.41, 5.74) is 1.15. The molecule has 0 bridgehead atoms. The van der Waals surface area contributed by atoms with Gasteiger partial charge in [-0.25, -0.2) is 0 Å². The lowest BCUT2D eigenvalue weighted by Crippen LogP contribution is -2.37. The summed E-state index contributed by atoms with van der Waals surface area (Å²) in [5.74, 6) is 0.707. The highest BCUT2D eigenvalue weighted by Crippen LogP contribution is 2.11. The Morgan fingerprint density at radius 1 is 1.32 bits per heavy atom. The molecule has 0 aliphatic rings. The number of ether oxygens (including phenoxy) is 1. The van der Waals surface area contributed by atoms with Crippen molar-refractivity contribution in [3.8, 4) is 11.8 Å². The zero-order valence-electron chi connectivity index (χ0n) is 10.5. The molecule has 0 aliphatic heterocycles. The molecule has 0 atom stereocenters. The summed E-state index contributed by atoms with van der Waals surface area (Å²) in [7, 11) is 1.58. The van der Waals surface area contributed by atoms with Crippen LogP contribution in [0.4, 0.5) is 0 Å². The van der Waals surface area contributed by atoms with Crippen LogP contribution in [-0.4, -0.2) is 12.9 Å². The van der Waals surface area contributed by atoms with Gasteiger partial charge in [0.15, 0.2) is 12.4 Å². The molecule has 0 fully saturated rings. The second kappa shape index (κ2) is 5.78. The zero-order valence-corrected chi connectivity index (χ0v) is 10.5. The number of benzene rings is 1. The standard InChI is InChI=1S/C15H13N2O2/c1-19-14-6-4-13(5-7-14)15(18)11-17-8-2-3-12(9-16)10-17/h2-8,10H,11H2,1H3/q+1.